The smallest absolute Gasteiger partial charge is 0.252 e. The Hall–Kier alpha value is -2.22. The highest BCUT2D eigenvalue weighted by Gasteiger charge is 2.25. The minimum Gasteiger partial charge on any atom is -0.345 e. The van der Waals surface area contributed by atoms with E-state index in [9.17, 15) is 13.2 Å². The van der Waals surface area contributed by atoms with Crippen molar-refractivity contribution >= 4 is 26.8 Å². The van der Waals surface area contributed by atoms with E-state index >= 15 is 0 Å². The number of amides is 1. The summed E-state index contributed by atoms with van der Waals surface area (Å²) in [5, 5.41) is 8.86. The van der Waals surface area contributed by atoms with Crippen molar-refractivity contribution < 1.29 is 13.2 Å². The van der Waals surface area contributed by atoms with Crippen LogP contribution in [0.25, 0.3) is 11.0 Å². The molecule has 7 nitrogen and oxygen atoms in total. The van der Waals surface area contributed by atoms with Crippen LogP contribution >= 0.6 is 0 Å². The highest BCUT2D eigenvalue weighted by molar-refractivity contribution is 7.94. The van der Waals surface area contributed by atoms with Crippen LogP contribution in [0.5, 0.6) is 0 Å². The Morgan fingerprint density at radius 3 is 2.77 bits per heavy atom. The van der Waals surface area contributed by atoms with Crippen molar-refractivity contribution in [3.63, 3.8) is 0 Å². The van der Waals surface area contributed by atoms with Gasteiger partial charge in [-0.3, -0.25) is 9.48 Å². The molecule has 1 aliphatic rings. The Balaban J connectivity index is 1.99. The molecule has 116 valence electrons. The van der Waals surface area contributed by atoms with Gasteiger partial charge in [0, 0.05) is 18.1 Å². The molecule has 0 saturated carbocycles. The van der Waals surface area contributed by atoms with Gasteiger partial charge in [-0.05, 0) is 26.0 Å². The number of rotatable bonds is 2. The van der Waals surface area contributed by atoms with E-state index in [4.69, 9.17) is 0 Å². The van der Waals surface area contributed by atoms with Crippen LogP contribution in [0.1, 0.15) is 21.7 Å². The zero-order valence-electron chi connectivity index (χ0n) is 12.5. The molecule has 2 aromatic heterocycles. The fourth-order valence-electron chi connectivity index (χ4n) is 2.66. The summed E-state index contributed by atoms with van der Waals surface area (Å²) < 4.78 is 24.5. The molecule has 0 aromatic carbocycles. The van der Waals surface area contributed by atoms with Crippen molar-refractivity contribution in [3.8, 4) is 0 Å². The maximum Gasteiger partial charge on any atom is 0.252 e. The van der Waals surface area contributed by atoms with Gasteiger partial charge in [-0.15, -0.1) is 0 Å². The maximum absolute atomic E-state index is 12.5. The number of carbonyl (C=O) groups excluding carboxylic acids is 1. The number of aromatic nitrogens is 3. The van der Waals surface area contributed by atoms with Gasteiger partial charge in [0.25, 0.3) is 5.91 Å². The van der Waals surface area contributed by atoms with Crippen molar-refractivity contribution in [2.24, 2.45) is 7.05 Å². The lowest BCUT2D eigenvalue weighted by atomic mass is 10.1. The molecule has 1 atom stereocenters. The van der Waals surface area contributed by atoms with Crippen molar-refractivity contribution in [1.82, 2.24) is 20.1 Å². The second kappa shape index (κ2) is 4.91. The van der Waals surface area contributed by atoms with E-state index in [0.717, 1.165) is 5.41 Å². The van der Waals surface area contributed by atoms with Gasteiger partial charge in [-0.25, -0.2) is 13.4 Å². The molecular weight excluding hydrogens is 304 g/mol. The zero-order chi connectivity index (χ0) is 16.1. The minimum absolute atomic E-state index is 0.0992. The van der Waals surface area contributed by atoms with Crippen molar-refractivity contribution in [3.05, 3.63) is 34.5 Å². The number of hydrogen-bond acceptors (Lipinski definition) is 5. The number of fused-ring (bicyclic) bond motifs is 1. The largest absolute Gasteiger partial charge is 0.345 e. The first-order valence-corrected chi connectivity index (χ1v) is 8.51. The monoisotopic (exact) mass is 320 g/mol. The molecule has 0 radical (unpaired) electrons. The number of nitrogens with zero attached hydrogens (tertiary/aromatic N) is 3. The van der Waals surface area contributed by atoms with Crippen molar-refractivity contribution in [1.29, 1.82) is 0 Å². The summed E-state index contributed by atoms with van der Waals surface area (Å²) in [5.41, 5.74) is 2.52. The average molecular weight is 320 g/mol. The van der Waals surface area contributed by atoms with Crippen LogP contribution in [0.15, 0.2) is 17.6 Å². The molecule has 0 saturated heterocycles. The zero-order valence-corrected chi connectivity index (χ0v) is 13.3. The molecule has 1 N–H and O–H groups in total. The molecule has 0 bridgehead atoms. The summed E-state index contributed by atoms with van der Waals surface area (Å²) in [6.07, 6.45) is 1.49. The maximum atomic E-state index is 12.5. The first-order chi connectivity index (χ1) is 10.3. The van der Waals surface area contributed by atoms with Crippen LogP contribution in [0, 0.1) is 13.8 Å². The summed E-state index contributed by atoms with van der Waals surface area (Å²) in [6.45, 7) is 3.62. The molecule has 0 spiro atoms. The third-order valence-corrected chi connectivity index (χ3v) is 4.98. The molecule has 22 heavy (non-hydrogen) atoms. The standard InChI is InChI=1S/C14H16N4O3S/c1-8-6-11(12-9(2)17-18(3)13(12)15-8)14(19)16-10-4-5-22(20,21)7-10/h4-6,10H,7H2,1-3H3,(H,16,19). The first-order valence-electron chi connectivity index (χ1n) is 6.79. The lowest BCUT2D eigenvalue weighted by Gasteiger charge is -2.11. The Kier molecular flexibility index (Phi) is 3.28. The topological polar surface area (TPSA) is 94.0 Å². The second-order valence-electron chi connectivity index (χ2n) is 5.46. The van der Waals surface area contributed by atoms with Crippen LogP contribution in [0.4, 0.5) is 0 Å². The Bertz CT molecular complexity index is 912. The van der Waals surface area contributed by atoms with Gasteiger partial charge < -0.3 is 5.32 Å². The van der Waals surface area contributed by atoms with E-state index in [-0.39, 0.29) is 11.7 Å². The van der Waals surface area contributed by atoms with Gasteiger partial charge in [0.05, 0.1) is 28.4 Å². The van der Waals surface area contributed by atoms with Gasteiger partial charge in [-0.2, -0.15) is 5.10 Å². The summed E-state index contributed by atoms with van der Waals surface area (Å²) in [6, 6.07) is 1.19. The predicted octanol–water partition coefficient (Wildman–Crippen LogP) is 0.626. The van der Waals surface area contributed by atoms with E-state index in [1.54, 1.807) is 24.7 Å². The lowest BCUT2D eigenvalue weighted by Crippen LogP contribution is -2.35. The number of hydrogen-bond donors (Lipinski definition) is 1. The van der Waals surface area contributed by atoms with Crippen molar-refractivity contribution in [2.45, 2.75) is 19.9 Å². The molecule has 1 aliphatic heterocycles. The van der Waals surface area contributed by atoms with E-state index < -0.39 is 15.9 Å². The van der Waals surface area contributed by atoms with E-state index in [2.05, 4.69) is 15.4 Å². The second-order valence-corrected chi connectivity index (χ2v) is 7.39. The molecular formula is C14H16N4O3S. The molecule has 0 fully saturated rings. The number of carbonyl (C=O) groups is 1. The average Bonchev–Trinajstić information content (AvgIpc) is 2.89. The predicted molar refractivity (Wildman–Crippen MR) is 82.2 cm³/mol. The molecule has 3 heterocycles. The van der Waals surface area contributed by atoms with Gasteiger partial charge in [0.2, 0.25) is 0 Å². The molecule has 3 rings (SSSR count). The highest BCUT2D eigenvalue weighted by Crippen LogP contribution is 2.22. The van der Waals surface area contributed by atoms with Gasteiger partial charge in [0.15, 0.2) is 15.5 Å². The van der Waals surface area contributed by atoms with E-state index in [0.29, 0.717) is 28.0 Å². The molecule has 1 amide bonds. The number of nitrogens with one attached hydrogen (secondary N) is 1. The quantitative estimate of drug-likeness (QED) is 0.875. The Labute approximate surface area is 128 Å². The number of pyridine rings is 1. The van der Waals surface area contributed by atoms with E-state index in [1.807, 2.05) is 6.92 Å². The lowest BCUT2D eigenvalue weighted by molar-refractivity contribution is 0.0949. The summed E-state index contributed by atoms with van der Waals surface area (Å²) in [5.74, 6) is -0.420. The van der Waals surface area contributed by atoms with Crippen LogP contribution in [-0.2, 0) is 16.9 Å². The van der Waals surface area contributed by atoms with Crippen LogP contribution in [0.3, 0.4) is 0 Å². The third kappa shape index (κ3) is 2.50. The fraction of sp³-hybridized carbons (Fsp3) is 0.357. The summed E-state index contributed by atoms with van der Waals surface area (Å²) in [7, 11) is -1.43. The van der Waals surface area contributed by atoms with Crippen molar-refractivity contribution in [2.75, 3.05) is 5.75 Å². The highest BCUT2D eigenvalue weighted by atomic mass is 32.2. The SMILES string of the molecule is Cc1cc(C(=O)NC2C=CS(=O)(=O)C2)c2c(C)nn(C)c2n1. The third-order valence-electron chi connectivity index (χ3n) is 3.59. The Morgan fingerprint density at radius 2 is 2.14 bits per heavy atom. The fourth-order valence-corrected chi connectivity index (χ4v) is 3.90. The number of sulfone groups is 1. The summed E-state index contributed by atoms with van der Waals surface area (Å²) in [4.78, 5) is 16.9. The van der Waals surface area contributed by atoms with Crippen LogP contribution < -0.4 is 5.32 Å². The van der Waals surface area contributed by atoms with Crippen LogP contribution in [-0.4, -0.2) is 40.9 Å². The van der Waals surface area contributed by atoms with Gasteiger partial charge in [0.1, 0.15) is 0 Å². The molecule has 1 unspecified atom stereocenters. The normalized spacial score (nSPS) is 19.7. The molecule has 8 heteroatoms. The van der Waals surface area contributed by atoms with Gasteiger partial charge in [-0.1, -0.05) is 0 Å². The first kappa shape index (κ1) is 14.7. The van der Waals surface area contributed by atoms with Gasteiger partial charge >= 0.3 is 0 Å². The molecule has 0 aliphatic carbocycles. The summed E-state index contributed by atoms with van der Waals surface area (Å²) >= 11 is 0. The minimum atomic E-state index is -3.20. The number of aryl methyl sites for hydroxylation is 3. The van der Waals surface area contributed by atoms with Crippen LogP contribution in [0.2, 0.25) is 0 Å². The Morgan fingerprint density at radius 1 is 1.41 bits per heavy atom. The molecule has 2 aromatic rings. The van der Waals surface area contributed by atoms with E-state index in [1.165, 1.54) is 6.08 Å².